The van der Waals surface area contributed by atoms with E-state index in [9.17, 15) is 0 Å². The highest BCUT2D eigenvalue weighted by Crippen LogP contribution is 2.04. The van der Waals surface area contributed by atoms with E-state index in [0.29, 0.717) is 5.92 Å². The molecule has 0 amide bonds. The second-order valence-corrected chi connectivity index (χ2v) is 2.50. The first-order valence-corrected chi connectivity index (χ1v) is 3.23. The lowest BCUT2D eigenvalue weighted by Crippen LogP contribution is -2.30. The van der Waals surface area contributed by atoms with Crippen LogP contribution in [0.15, 0.2) is 12.7 Å². The van der Waals surface area contributed by atoms with Crippen molar-refractivity contribution in [3.8, 4) is 0 Å². The van der Waals surface area contributed by atoms with Crippen LogP contribution in [0.25, 0.3) is 0 Å². The summed E-state index contributed by atoms with van der Waals surface area (Å²) in [4.78, 5) is 0. The van der Waals surface area contributed by atoms with Crippen molar-refractivity contribution in [3.05, 3.63) is 12.7 Å². The van der Waals surface area contributed by atoms with Crippen molar-refractivity contribution in [2.45, 2.75) is 26.3 Å². The number of hydrogen-bond acceptors (Lipinski definition) is 2. The number of rotatable bonds is 4. The molecule has 1 atom stereocenters. The molecule has 54 valence electrons. The Kier molecular flexibility index (Phi) is 4.36. The average Bonchev–Trinajstić information content (AvgIpc) is 1.82. The molecule has 0 aliphatic carbocycles. The average molecular weight is 129 g/mol. The quantitative estimate of drug-likeness (QED) is 0.446. The topological polar surface area (TPSA) is 32.3 Å². The third kappa shape index (κ3) is 3.27. The molecule has 0 spiro atoms. The van der Waals surface area contributed by atoms with Gasteiger partial charge in [-0.1, -0.05) is 19.9 Å². The van der Waals surface area contributed by atoms with E-state index < -0.39 is 0 Å². The molecule has 9 heavy (non-hydrogen) atoms. The first kappa shape index (κ1) is 8.66. The van der Waals surface area contributed by atoms with Gasteiger partial charge < -0.3 is 5.21 Å². The van der Waals surface area contributed by atoms with Gasteiger partial charge in [-0.25, -0.2) is 5.48 Å². The molecular formula is C7H15NO. The van der Waals surface area contributed by atoms with Crippen LogP contribution in [-0.2, 0) is 0 Å². The molecule has 2 N–H and O–H groups in total. The zero-order valence-corrected chi connectivity index (χ0v) is 6.09. The van der Waals surface area contributed by atoms with Gasteiger partial charge in [0.15, 0.2) is 0 Å². The smallest absolute Gasteiger partial charge is 0.0376 e. The standard InChI is InChI=1S/C7H15NO/c1-4-5-7(8-9)6(2)3/h4,6-9H,1,5H2,2-3H3. The van der Waals surface area contributed by atoms with Gasteiger partial charge in [0.1, 0.15) is 0 Å². The lowest BCUT2D eigenvalue weighted by molar-refractivity contribution is 0.106. The molecule has 0 fully saturated rings. The molecule has 1 unspecified atom stereocenters. The Morgan fingerprint density at radius 2 is 2.22 bits per heavy atom. The molecule has 0 aromatic rings. The van der Waals surface area contributed by atoms with Crippen LogP contribution in [0, 0.1) is 5.92 Å². The summed E-state index contributed by atoms with van der Waals surface area (Å²) < 4.78 is 0. The zero-order valence-electron chi connectivity index (χ0n) is 6.09. The minimum atomic E-state index is 0.155. The molecule has 0 aromatic carbocycles. The molecule has 0 bridgehead atoms. The number of hydroxylamine groups is 1. The van der Waals surface area contributed by atoms with Crippen molar-refractivity contribution < 1.29 is 5.21 Å². The maximum atomic E-state index is 8.53. The van der Waals surface area contributed by atoms with E-state index in [1.807, 2.05) is 0 Å². The van der Waals surface area contributed by atoms with Gasteiger partial charge >= 0.3 is 0 Å². The van der Waals surface area contributed by atoms with E-state index in [1.165, 1.54) is 0 Å². The van der Waals surface area contributed by atoms with Crippen LogP contribution in [0.2, 0.25) is 0 Å². The molecule has 0 heterocycles. The van der Waals surface area contributed by atoms with E-state index in [1.54, 1.807) is 6.08 Å². The van der Waals surface area contributed by atoms with Crippen LogP contribution < -0.4 is 5.48 Å². The van der Waals surface area contributed by atoms with Gasteiger partial charge in [0.2, 0.25) is 0 Å². The molecule has 0 radical (unpaired) electrons. The van der Waals surface area contributed by atoms with E-state index in [0.717, 1.165) is 6.42 Å². The van der Waals surface area contributed by atoms with Gasteiger partial charge in [-0.15, -0.1) is 6.58 Å². The highest BCUT2D eigenvalue weighted by Gasteiger charge is 2.08. The Labute approximate surface area is 56.5 Å². The van der Waals surface area contributed by atoms with Crippen LogP contribution >= 0.6 is 0 Å². The van der Waals surface area contributed by atoms with Gasteiger partial charge in [-0.2, -0.15) is 0 Å². The third-order valence-corrected chi connectivity index (χ3v) is 1.39. The summed E-state index contributed by atoms with van der Waals surface area (Å²) in [5.41, 5.74) is 2.23. The molecule has 0 saturated heterocycles. The Morgan fingerprint density at radius 1 is 1.67 bits per heavy atom. The largest absolute Gasteiger partial charge is 0.317 e. The minimum absolute atomic E-state index is 0.155. The van der Waals surface area contributed by atoms with Crippen molar-refractivity contribution >= 4 is 0 Å². The summed E-state index contributed by atoms with van der Waals surface area (Å²) in [5.74, 6) is 0.452. The van der Waals surface area contributed by atoms with E-state index in [2.05, 4.69) is 25.9 Å². The first-order valence-electron chi connectivity index (χ1n) is 3.23. The monoisotopic (exact) mass is 129 g/mol. The summed E-state index contributed by atoms with van der Waals surface area (Å²) >= 11 is 0. The summed E-state index contributed by atoms with van der Waals surface area (Å²) in [5, 5.41) is 8.53. The minimum Gasteiger partial charge on any atom is -0.317 e. The van der Waals surface area contributed by atoms with Crippen molar-refractivity contribution in [1.29, 1.82) is 0 Å². The van der Waals surface area contributed by atoms with Crippen LogP contribution in [0.5, 0.6) is 0 Å². The highest BCUT2D eigenvalue weighted by molar-refractivity contribution is 4.77. The Balaban J connectivity index is 3.53. The Bertz CT molecular complexity index is 81.0. The summed E-state index contributed by atoms with van der Waals surface area (Å²) in [6, 6.07) is 0.155. The SMILES string of the molecule is C=CCC(NO)C(C)C. The first-order chi connectivity index (χ1) is 4.22. The van der Waals surface area contributed by atoms with Crippen molar-refractivity contribution in [2.24, 2.45) is 5.92 Å². The fourth-order valence-electron chi connectivity index (χ4n) is 0.653. The van der Waals surface area contributed by atoms with E-state index in [-0.39, 0.29) is 6.04 Å². The van der Waals surface area contributed by atoms with Crippen molar-refractivity contribution in [1.82, 2.24) is 5.48 Å². The zero-order chi connectivity index (χ0) is 7.28. The second-order valence-electron chi connectivity index (χ2n) is 2.50. The normalized spacial score (nSPS) is 13.8. The van der Waals surface area contributed by atoms with Gasteiger partial charge in [-0.05, 0) is 12.3 Å². The number of nitrogens with one attached hydrogen (secondary N) is 1. The lowest BCUT2D eigenvalue weighted by atomic mass is 10.0. The summed E-state index contributed by atoms with van der Waals surface area (Å²) in [6.45, 7) is 7.69. The van der Waals surface area contributed by atoms with Crippen LogP contribution in [0.4, 0.5) is 0 Å². The maximum Gasteiger partial charge on any atom is 0.0376 e. The van der Waals surface area contributed by atoms with Gasteiger partial charge in [-0.3, -0.25) is 0 Å². The van der Waals surface area contributed by atoms with Crippen LogP contribution in [0.3, 0.4) is 0 Å². The van der Waals surface area contributed by atoms with Gasteiger partial charge in [0.25, 0.3) is 0 Å². The van der Waals surface area contributed by atoms with Gasteiger partial charge in [0.05, 0.1) is 0 Å². The molecule has 2 nitrogen and oxygen atoms in total. The summed E-state index contributed by atoms with van der Waals surface area (Å²) in [7, 11) is 0. The molecular weight excluding hydrogens is 114 g/mol. The number of hydrogen-bond donors (Lipinski definition) is 2. The van der Waals surface area contributed by atoms with Crippen LogP contribution in [-0.4, -0.2) is 11.2 Å². The lowest BCUT2D eigenvalue weighted by Gasteiger charge is -2.15. The molecule has 0 aromatic heterocycles. The molecule has 0 rings (SSSR count). The predicted molar refractivity (Wildman–Crippen MR) is 38.4 cm³/mol. The predicted octanol–water partition coefficient (Wildman–Crippen LogP) is 1.57. The third-order valence-electron chi connectivity index (χ3n) is 1.39. The molecule has 0 aliphatic rings. The molecule has 0 aliphatic heterocycles. The Hall–Kier alpha value is -0.340. The second kappa shape index (κ2) is 4.53. The van der Waals surface area contributed by atoms with E-state index in [4.69, 9.17) is 5.21 Å². The molecule has 0 saturated carbocycles. The van der Waals surface area contributed by atoms with Crippen LogP contribution in [0.1, 0.15) is 20.3 Å². The fraction of sp³-hybridized carbons (Fsp3) is 0.714. The van der Waals surface area contributed by atoms with Gasteiger partial charge in [0, 0.05) is 6.04 Å². The van der Waals surface area contributed by atoms with Crippen molar-refractivity contribution in [3.63, 3.8) is 0 Å². The maximum absolute atomic E-state index is 8.53. The summed E-state index contributed by atoms with van der Waals surface area (Å²) in [6.07, 6.45) is 2.61. The van der Waals surface area contributed by atoms with Crippen molar-refractivity contribution in [2.75, 3.05) is 0 Å². The van der Waals surface area contributed by atoms with E-state index >= 15 is 0 Å². The fourth-order valence-corrected chi connectivity index (χ4v) is 0.653. The molecule has 2 heteroatoms. The highest BCUT2D eigenvalue weighted by atomic mass is 16.5. The Morgan fingerprint density at radius 3 is 2.33 bits per heavy atom.